The average molecular weight is 332 g/mol. The summed E-state index contributed by atoms with van der Waals surface area (Å²) >= 11 is 0. The molecule has 0 radical (unpaired) electrons. The molecular weight excluding hydrogens is 300 g/mol. The fourth-order valence-corrected chi connectivity index (χ4v) is 3.30. The summed E-state index contributed by atoms with van der Waals surface area (Å²) in [7, 11) is 0. The number of rotatable bonds is 8. The molecule has 1 aliphatic rings. The predicted molar refractivity (Wildman–Crippen MR) is 99.6 cm³/mol. The molecule has 2 N–H and O–H groups in total. The van der Waals surface area contributed by atoms with Crippen LogP contribution in [-0.2, 0) is 0 Å². The minimum Gasteiger partial charge on any atom is -0.393 e. The van der Waals surface area contributed by atoms with Crippen LogP contribution in [0, 0.1) is 0 Å². The molecule has 0 spiro atoms. The van der Waals surface area contributed by atoms with Crippen LogP contribution in [0.5, 0.6) is 0 Å². The third-order valence-electron chi connectivity index (χ3n) is 4.84. The van der Waals surface area contributed by atoms with E-state index >= 15 is 0 Å². The van der Waals surface area contributed by atoms with Crippen molar-refractivity contribution >= 4 is 11.6 Å². The molecule has 134 valence electrons. The molecule has 0 saturated carbocycles. The number of amides is 1. The van der Waals surface area contributed by atoms with Crippen LogP contribution in [0.15, 0.2) is 24.3 Å². The number of aliphatic hydroxyl groups is 1. The van der Waals surface area contributed by atoms with Crippen LogP contribution in [-0.4, -0.2) is 36.2 Å². The van der Waals surface area contributed by atoms with E-state index in [2.05, 4.69) is 24.1 Å². The third kappa shape index (κ3) is 5.52. The number of unbranched alkanes of at least 4 members (excludes halogenated alkanes) is 1. The Bertz CT molecular complexity index is 493. The van der Waals surface area contributed by atoms with Crippen molar-refractivity contribution in [3.63, 3.8) is 0 Å². The second kappa shape index (κ2) is 9.67. The maximum Gasteiger partial charge on any atom is 0.251 e. The Kier molecular flexibility index (Phi) is 7.57. The fourth-order valence-electron chi connectivity index (χ4n) is 3.30. The quantitative estimate of drug-likeness (QED) is 0.762. The zero-order valence-corrected chi connectivity index (χ0v) is 15.1. The Hall–Kier alpha value is -1.55. The summed E-state index contributed by atoms with van der Waals surface area (Å²) < 4.78 is 0. The number of anilines is 1. The number of aliphatic hydroxyl groups excluding tert-OH is 1. The SMILES string of the molecule is CCCCC(CCC)NC(=O)c1ccc(N2CCC(O)CC2)cc1. The van der Waals surface area contributed by atoms with E-state index in [1.54, 1.807) is 0 Å². The van der Waals surface area contributed by atoms with Crippen LogP contribution < -0.4 is 10.2 Å². The van der Waals surface area contributed by atoms with E-state index in [1.165, 1.54) is 0 Å². The van der Waals surface area contributed by atoms with Crippen molar-refractivity contribution in [3.05, 3.63) is 29.8 Å². The second-order valence-electron chi connectivity index (χ2n) is 6.87. The number of hydrogen-bond donors (Lipinski definition) is 2. The summed E-state index contributed by atoms with van der Waals surface area (Å²) in [6, 6.07) is 8.16. The molecule has 0 aliphatic carbocycles. The van der Waals surface area contributed by atoms with Gasteiger partial charge in [0.05, 0.1) is 6.10 Å². The van der Waals surface area contributed by atoms with E-state index in [0.29, 0.717) is 0 Å². The number of carbonyl (C=O) groups is 1. The Morgan fingerprint density at radius 2 is 1.83 bits per heavy atom. The Labute approximate surface area is 146 Å². The van der Waals surface area contributed by atoms with Gasteiger partial charge in [-0.1, -0.05) is 33.1 Å². The van der Waals surface area contributed by atoms with Crippen molar-refractivity contribution in [3.8, 4) is 0 Å². The number of benzene rings is 1. The minimum atomic E-state index is -0.162. The van der Waals surface area contributed by atoms with Crippen molar-refractivity contribution < 1.29 is 9.90 Å². The van der Waals surface area contributed by atoms with E-state index in [1.807, 2.05) is 24.3 Å². The van der Waals surface area contributed by atoms with E-state index in [0.717, 1.165) is 69.3 Å². The molecule has 1 unspecified atom stereocenters. The van der Waals surface area contributed by atoms with Gasteiger partial charge in [0, 0.05) is 30.4 Å². The van der Waals surface area contributed by atoms with Crippen LogP contribution >= 0.6 is 0 Å². The zero-order chi connectivity index (χ0) is 17.4. The first kappa shape index (κ1) is 18.8. The summed E-state index contributed by atoms with van der Waals surface area (Å²) in [4.78, 5) is 14.7. The van der Waals surface area contributed by atoms with Crippen LogP contribution in [0.4, 0.5) is 5.69 Å². The third-order valence-corrected chi connectivity index (χ3v) is 4.84. The molecule has 0 bridgehead atoms. The number of hydrogen-bond acceptors (Lipinski definition) is 3. The standard InChI is InChI=1S/C20H32N2O2/c1-3-5-7-17(6-4-2)21-20(24)16-8-10-18(11-9-16)22-14-12-19(23)13-15-22/h8-11,17,19,23H,3-7,12-15H2,1-2H3,(H,21,24). The van der Waals surface area contributed by atoms with Crippen molar-refractivity contribution in [1.82, 2.24) is 5.32 Å². The highest BCUT2D eigenvalue weighted by molar-refractivity contribution is 5.94. The molecule has 1 aliphatic heterocycles. The maximum atomic E-state index is 12.5. The summed E-state index contributed by atoms with van der Waals surface area (Å²) in [6.45, 7) is 6.10. The minimum absolute atomic E-state index is 0.0326. The molecule has 4 heteroatoms. The lowest BCUT2D eigenvalue weighted by atomic mass is 10.0. The molecule has 1 aromatic carbocycles. The molecule has 1 aromatic rings. The molecule has 4 nitrogen and oxygen atoms in total. The molecule has 1 fully saturated rings. The smallest absolute Gasteiger partial charge is 0.251 e. The van der Waals surface area contributed by atoms with Gasteiger partial charge in [-0.15, -0.1) is 0 Å². The lowest BCUT2D eigenvalue weighted by molar-refractivity contribution is 0.0932. The van der Waals surface area contributed by atoms with Gasteiger partial charge in [-0.3, -0.25) is 4.79 Å². The fraction of sp³-hybridized carbons (Fsp3) is 0.650. The van der Waals surface area contributed by atoms with Gasteiger partial charge in [-0.2, -0.15) is 0 Å². The zero-order valence-electron chi connectivity index (χ0n) is 15.1. The molecule has 24 heavy (non-hydrogen) atoms. The Balaban J connectivity index is 1.92. The van der Waals surface area contributed by atoms with Crippen molar-refractivity contribution in [2.24, 2.45) is 0 Å². The first-order valence-corrected chi connectivity index (χ1v) is 9.48. The highest BCUT2D eigenvalue weighted by Crippen LogP contribution is 2.20. The first-order valence-electron chi connectivity index (χ1n) is 9.48. The van der Waals surface area contributed by atoms with Crippen LogP contribution in [0.2, 0.25) is 0 Å². The van der Waals surface area contributed by atoms with Crippen molar-refractivity contribution in [2.75, 3.05) is 18.0 Å². The van der Waals surface area contributed by atoms with Crippen LogP contribution in [0.1, 0.15) is 69.2 Å². The average Bonchev–Trinajstić information content (AvgIpc) is 2.60. The van der Waals surface area contributed by atoms with Gasteiger partial charge in [0.2, 0.25) is 0 Å². The molecule has 1 heterocycles. The number of nitrogens with zero attached hydrogens (tertiary/aromatic N) is 1. The molecule has 0 aromatic heterocycles. The normalized spacial score (nSPS) is 16.9. The number of nitrogens with one attached hydrogen (secondary N) is 1. The molecular formula is C20H32N2O2. The van der Waals surface area contributed by atoms with Gasteiger partial charge < -0.3 is 15.3 Å². The van der Waals surface area contributed by atoms with Crippen LogP contribution in [0.25, 0.3) is 0 Å². The van der Waals surface area contributed by atoms with Crippen molar-refractivity contribution in [1.29, 1.82) is 0 Å². The highest BCUT2D eigenvalue weighted by Gasteiger charge is 2.18. The summed E-state index contributed by atoms with van der Waals surface area (Å²) in [6.07, 6.45) is 6.99. The van der Waals surface area contributed by atoms with E-state index in [4.69, 9.17) is 0 Å². The maximum absolute atomic E-state index is 12.5. The van der Waals surface area contributed by atoms with Gasteiger partial charge in [0.25, 0.3) is 5.91 Å². The topological polar surface area (TPSA) is 52.6 Å². The Morgan fingerprint density at radius 1 is 1.17 bits per heavy atom. The molecule has 1 saturated heterocycles. The lowest BCUT2D eigenvalue weighted by Gasteiger charge is -2.31. The Morgan fingerprint density at radius 3 is 2.42 bits per heavy atom. The van der Waals surface area contributed by atoms with E-state index in [-0.39, 0.29) is 18.1 Å². The summed E-state index contributed by atoms with van der Waals surface area (Å²) in [5.74, 6) is 0.0326. The van der Waals surface area contributed by atoms with Gasteiger partial charge in [0.1, 0.15) is 0 Å². The van der Waals surface area contributed by atoms with Crippen molar-refractivity contribution in [2.45, 2.75) is 70.9 Å². The second-order valence-corrected chi connectivity index (χ2v) is 6.87. The predicted octanol–water partition coefficient (Wildman–Crippen LogP) is 3.74. The van der Waals surface area contributed by atoms with E-state index in [9.17, 15) is 9.90 Å². The monoisotopic (exact) mass is 332 g/mol. The van der Waals surface area contributed by atoms with Gasteiger partial charge >= 0.3 is 0 Å². The van der Waals surface area contributed by atoms with Gasteiger partial charge in [-0.05, 0) is 49.9 Å². The molecule has 1 amide bonds. The summed E-state index contributed by atoms with van der Waals surface area (Å²) in [5, 5.41) is 12.8. The van der Waals surface area contributed by atoms with E-state index < -0.39 is 0 Å². The molecule has 1 atom stereocenters. The molecule has 2 rings (SSSR count). The van der Waals surface area contributed by atoms with Crippen LogP contribution in [0.3, 0.4) is 0 Å². The highest BCUT2D eigenvalue weighted by atomic mass is 16.3. The largest absolute Gasteiger partial charge is 0.393 e. The summed E-state index contributed by atoms with van der Waals surface area (Å²) in [5.41, 5.74) is 1.86. The first-order chi connectivity index (χ1) is 11.6. The number of piperidine rings is 1. The number of carbonyl (C=O) groups excluding carboxylic acids is 1. The van der Waals surface area contributed by atoms with Gasteiger partial charge in [-0.25, -0.2) is 0 Å². The lowest BCUT2D eigenvalue weighted by Crippen LogP contribution is -2.36. The van der Waals surface area contributed by atoms with Gasteiger partial charge in [0.15, 0.2) is 0 Å².